The number of urea groups is 1. The highest BCUT2D eigenvalue weighted by molar-refractivity contribution is 9.10. The number of hydrogen-bond donors (Lipinski definition) is 1. The van der Waals surface area contributed by atoms with E-state index in [1.54, 1.807) is 13.1 Å². The number of nitrogens with one attached hydrogen (secondary N) is 1. The molecule has 8 heteroatoms. The van der Waals surface area contributed by atoms with Gasteiger partial charge in [0.05, 0.1) is 24.0 Å². The molecule has 4 rings (SSSR count). The van der Waals surface area contributed by atoms with Crippen LogP contribution in [0.1, 0.15) is 18.2 Å². The topological polar surface area (TPSA) is 88.1 Å². The summed E-state index contributed by atoms with van der Waals surface area (Å²) in [7, 11) is 0. The van der Waals surface area contributed by atoms with Crippen molar-refractivity contribution in [1.82, 2.24) is 25.2 Å². The van der Waals surface area contributed by atoms with Crippen LogP contribution in [-0.2, 0) is 16.9 Å². The number of amides is 3. The number of aromatic nitrogens is 3. The Morgan fingerprint density at radius 3 is 2.77 bits per heavy atom. The van der Waals surface area contributed by atoms with E-state index in [-0.39, 0.29) is 12.5 Å². The van der Waals surface area contributed by atoms with Crippen molar-refractivity contribution >= 4 is 38.8 Å². The molecule has 0 aliphatic carbocycles. The number of pyridine rings is 1. The zero-order valence-corrected chi connectivity index (χ0v) is 15.4. The first-order valence-corrected chi connectivity index (χ1v) is 8.73. The summed E-state index contributed by atoms with van der Waals surface area (Å²) in [6.07, 6.45) is 6.19. The highest BCUT2D eigenvalue weighted by Crippen LogP contribution is 2.30. The molecule has 1 atom stereocenters. The number of benzene rings is 1. The van der Waals surface area contributed by atoms with Crippen LogP contribution in [0.3, 0.4) is 0 Å². The summed E-state index contributed by atoms with van der Waals surface area (Å²) in [6.45, 7) is 1.76. The minimum Gasteiger partial charge on any atom is -0.318 e. The maximum Gasteiger partial charge on any atom is 0.325 e. The van der Waals surface area contributed by atoms with Crippen LogP contribution in [0.5, 0.6) is 0 Å². The van der Waals surface area contributed by atoms with Crippen LogP contribution in [0, 0.1) is 0 Å². The van der Waals surface area contributed by atoms with Crippen LogP contribution in [0.4, 0.5) is 4.79 Å². The number of hydrogen-bond acceptors (Lipinski definition) is 5. The number of carbonyl (C=O) groups excluding carboxylic acids is 2. The Labute approximate surface area is 157 Å². The molecule has 26 heavy (non-hydrogen) atoms. The summed E-state index contributed by atoms with van der Waals surface area (Å²) in [6, 6.07) is 7.06. The zero-order valence-electron chi connectivity index (χ0n) is 13.8. The van der Waals surface area contributed by atoms with Crippen molar-refractivity contribution in [3.05, 3.63) is 64.8 Å². The zero-order chi connectivity index (χ0) is 18.3. The maximum atomic E-state index is 13.0. The van der Waals surface area contributed by atoms with Gasteiger partial charge in [-0.05, 0) is 24.6 Å². The van der Waals surface area contributed by atoms with E-state index in [9.17, 15) is 9.59 Å². The van der Waals surface area contributed by atoms with Crippen LogP contribution >= 0.6 is 15.9 Å². The lowest BCUT2D eigenvalue weighted by Gasteiger charge is -2.20. The largest absolute Gasteiger partial charge is 0.325 e. The first-order valence-electron chi connectivity index (χ1n) is 7.93. The van der Waals surface area contributed by atoms with Gasteiger partial charge in [0.15, 0.2) is 5.54 Å². The molecule has 130 valence electrons. The van der Waals surface area contributed by atoms with E-state index in [1.807, 2.05) is 24.3 Å². The molecule has 0 bridgehead atoms. The van der Waals surface area contributed by atoms with E-state index >= 15 is 0 Å². The summed E-state index contributed by atoms with van der Waals surface area (Å²) in [4.78, 5) is 39.3. The summed E-state index contributed by atoms with van der Waals surface area (Å²) < 4.78 is 0.908. The molecule has 1 fully saturated rings. The summed E-state index contributed by atoms with van der Waals surface area (Å²) in [5.41, 5.74) is 0.704. The first kappa shape index (κ1) is 16.6. The second-order valence-electron chi connectivity index (χ2n) is 6.14. The Morgan fingerprint density at radius 2 is 2.00 bits per heavy atom. The minimum absolute atomic E-state index is 0.126. The van der Waals surface area contributed by atoms with Gasteiger partial charge < -0.3 is 5.32 Å². The Hall–Kier alpha value is -2.87. The second kappa shape index (κ2) is 6.14. The Kier molecular flexibility index (Phi) is 3.91. The number of imide groups is 1. The van der Waals surface area contributed by atoms with Gasteiger partial charge in [0.25, 0.3) is 5.91 Å². The molecule has 1 aromatic carbocycles. The van der Waals surface area contributed by atoms with Gasteiger partial charge in [-0.1, -0.05) is 28.1 Å². The third kappa shape index (κ3) is 2.53. The molecule has 3 aromatic rings. The molecule has 0 spiro atoms. The van der Waals surface area contributed by atoms with Gasteiger partial charge in [-0.15, -0.1) is 0 Å². The molecule has 1 aliphatic rings. The molecule has 1 unspecified atom stereocenters. The normalized spacial score (nSPS) is 19.8. The molecule has 1 aliphatic heterocycles. The Bertz CT molecular complexity index is 1030. The predicted molar refractivity (Wildman–Crippen MR) is 97.9 cm³/mol. The molecular formula is C18H14BrN5O2. The van der Waals surface area contributed by atoms with Gasteiger partial charge in [0.1, 0.15) is 0 Å². The summed E-state index contributed by atoms with van der Waals surface area (Å²) in [5, 5.41) is 3.66. The minimum atomic E-state index is -1.23. The van der Waals surface area contributed by atoms with Crippen molar-refractivity contribution in [3.8, 4) is 0 Å². The van der Waals surface area contributed by atoms with Gasteiger partial charge >= 0.3 is 6.03 Å². The van der Waals surface area contributed by atoms with Gasteiger partial charge in [0.2, 0.25) is 0 Å². The van der Waals surface area contributed by atoms with Crippen LogP contribution in [-0.4, -0.2) is 31.8 Å². The molecule has 1 saturated heterocycles. The predicted octanol–water partition coefficient (Wildman–Crippen LogP) is 2.75. The monoisotopic (exact) mass is 411 g/mol. The van der Waals surface area contributed by atoms with Gasteiger partial charge in [-0.3, -0.25) is 24.6 Å². The molecular weight excluding hydrogens is 398 g/mol. The lowest BCUT2D eigenvalue weighted by atomic mass is 9.98. The lowest BCUT2D eigenvalue weighted by molar-refractivity contribution is -0.131. The third-order valence-electron chi connectivity index (χ3n) is 4.48. The van der Waals surface area contributed by atoms with Gasteiger partial charge in [0, 0.05) is 28.4 Å². The molecule has 7 nitrogen and oxygen atoms in total. The van der Waals surface area contributed by atoms with Crippen molar-refractivity contribution in [2.45, 2.75) is 19.0 Å². The third-order valence-corrected chi connectivity index (χ3v) is 5.17. The number of rotatable bonds is 3. The smallest absolute Gasteiger partial charge is 0.318 e. The van der Waals surface area contributed by atoms with Gasteiger partial charge in [-0.2, -0.15) is 0 Å². The number of carbonyl (C=O) groups is 2. The Balaban J connectivity index is 1.71. The van der Waals surface area contributed by atoms with E-state index in [0.717, 1.165) is 20.9 Å². The molecule has 0 radical (unpaired) electrons. The quantitative estimate of drug-likeness (QED) is 0.669. The van der Waals surface area contributed by atoms with E-state index in [1.165, 1.54) is 23.5 Å². The molecule has 1 N–H and O–H groups in total. The molecule has 2 aromatic heterocycles. The second-order valence-corrected chi connectivity index (χ2v) is 7.00. The van der Waals surface area contributed by atoms with Crippen LogP contribution in [0.2, 0.25) is 0 Å². The highest BCUT2D eigenvalue weighted by Gasteiger charge is 2.50. The fraction of sp³-hybridized carbons (Fsp3) is 0.167. The first-order chi connectivity index (χ1) is 12.5. The maximum absolute atomic E-state index is 13.0. The lowest BCUT2D eigenvalue weighted by Crippen LogP contribution is -2.41. The van der Waals surface area contributed by atoms with Crippen molar-refractivity contribution in [1.29, 1.82) is 0 Å². The van der Waals surface area contributed by atoms with Crippen molar-refractivity contribution in [3.63, 3.8) is 0 Å². The number of halogens is 1. The SMILES string of the molecule is CC1(c2cnccn2)NC(=O)N(Cc2ccc(Br)c3cccnc23)C1=O. The molecule has 3 heterocycles. The standard InChI is InChI=1S/C18H14BrN5O2/c1-18(14-9-20-7-8-21-14)16(25)24(17(26)23-18)10-11-4-5-13(19)12-3-2-6-22-15(11)12/h2-9H,10H2,1H3,(H,23,26). The van der Waals surface area contributed by atoms with E-state index in [4.69, 9.17) is 0 Å². The van der Waals surface area contributed by atoms with E-state index in [0.29, 0.717) is 5.69 Å². The van der Waals surface area contributed by atoms with Crippen LogP contribution < -0.4 is 5.32 Å². The van der Waals surface area contributed by atoms with Gasteiger partial charge in [-0.25, -0.2) is 4.79 Å². The van der Waals surface area contributed by atoms with E-state index < -0.39 is 11.6 Å². The van der Waals surface area contributed by atoms with E-state index in [2.05, 4.69) is 36.2 Å². The molecule has 3 amide bonds. The summed E-state index contributed by atoms with van der Waals surface area (Å²) in [5.74, 6) is -0.366. The van der Waals surface area contributed by atoms with Crippen molar-refractivity contribution in [2.24, 2.45) is 0 Å². The van der Waals surface area contributed by atoms with Crippen molar-refractivity contribution in [2.75, 3.05) is 0 Å². The van der Waals surface area contributed by atoms with Crippen LogP contribution in [0.15, 0.2) is 53.5 Å². The average molecular weight is 412 g/mol. The number of fused-ring (bicyclic) bond motifs is 1. The fourth-order valence-electron chi connectivity index (χ4n) is 3.07. The molecule has 0 saturated carbocycles. The van der Waals surface area contributed by atoms with Crippen molar-refractivity contribution < 1.29 is 9.59 Å². The fourth-order valence-corrected chi connectivity index (χ4v) is 3.52. The number of nitrogens with zero attached hydrogens (tertiary/aromatic N) is 4. The Morgan fingerprint density at radius 1 is 1.15 bits per heavy atom. The summed E-state index contributed by atoms with van der Waals surface area (Å²) >= 11 is 3.50. The van der Waals surface area contributed by atoms with Crippen LogP contribution in [0.25, 0.3) is 10.9 Å². The average Bonchev–Trinajstić information content (AvgIpc) is 2.89. The highest BCUT2D eigenvalue weighted by atomic mass is 79.9.